The summed E-state index contributed by atoms with van der Waals surface area (Å²) < 4.78 is 32.3. The van der Waals surface area contributed by atoms with Crippen molar-refractivity contribution in [2.45, 2.75) is 57.0 Å². The van der Waals surface area contributed by atoms with Gasteiger partial charge in [0.1, 0.15) is 11.5 Å². The van der Waals surface area contributed by atoms with Crippen LogP contribution in [0.25, 0.3) is 0 Å². The quantitative estimate of drug-likeness (QED) is 0.791. The van der Waals surface area contributed by atoms with Crippen molar-refractivity contribution in [3.8, 4) is 5.75 Å². The van der Waals surface area contributed by atoms with Gasteiger partial charge in [0.2, 0.25) is 0 Å². The summed E-state index contributed by atoms with van der Waals surface area (Å²) in [6.07, 6.45) is 6.01. The Balaban J connectivity index is 1.78. The molecule has 2 aliphatic heterocycles. The van der Waals surface area contributed by atoms with Gasteiger partial charge in [0.25, 0.3) is 0 Å². The predicted octanol–water partition coefficient (Wildman–Crippen LogP) is 2.98. The molecular weight excluding hydrogens is 314 g/mol. The van der Waals surface area contributed by atoms with Crippen LogP contribution in [0.5, 0.6) is 5.75 Å². The third-order valence-corrected chi connectivity index (χ3v) is 6.85. The normalized spacial score (nSPS) is 31.0. The van der Waals surface area contributed by atoms with Gasteiger partial charge < -0.3 is 4.18 Å². The van der Waals surface area contributed by atoms with Crippen molar-refractivity contribution in [1.82, 2.24) is 4.31 Å². The Bertz CT molecular complexity index is 724. The zero-order valence-electron chi connectivity index (χ0n) is 13.0. The van der Waals surface area contributed by atoms with E-state index < -0.39 is 16.3 Å². The molecule has 1 saturated carbocycles. The first-order valence-corrected chi connectivity index (χ1v) is 9.76. The molecular formula is C17H21NO4S. The number of rotatable bonds is 1. The van der Waals surface area contributed by atoms with Crippen LogP contribution in [-0.4, -0.2) is 24.5 Å². The van der Waals surface area contributed by atoms with Crippen LogP contribution in [0.4, 0.5) is 0 Å². The summed E-state index contributed by atoms with van der Waals surface area (Å²) >= 11 is 0. The first kappa shape index (κ1) is 15.1. The molecule has 0 amide bonds. The van der Waals surface area contributed by atoms with Gasteiger partial charge in [-0.25, -0.2) is 0 Å². The zero-order valence-corrected chi connectivity index (χ0v) is 13.8. The van der Waals surface area contributed by atoms with Crippen LogP contribution in [0.3, 0.4) is 0 Å². The zero-order chi connectivity index (χ0) is 16.0. The molecule has 0 aromatic heterocycles. The molecule has 2 fully saturated rings. The largest absolute Gasteiger partial charge is 0.386 e. The van der Waals surface area contributed by atoms with E-state index in [0.29, 0.717) is 12.2 Å². The average molecular weight is 335 g/mol. The van der Waals surface area contributed by atoms with Crippen LogP contribution in [0.1, 0.15) is 56.6 Å². The van der Waals surface area contributed by atoms with Crippen LogP contribution in [0.15, 0.2) is 24.3 Å². The molecule has 23 heavy (non-hydrogen) atoms. The van der Waals surface area contributed by atoms with Gasteiger partial charge in [-0.05, 0) is 24.8 Å². The standard InChI is InChI=1S/C17H21NO4S/c19-13-10-15(12-6-2-1-3-7-12)18-16(11-13)14-8-4-5-9-17(14)22-23(18,20)21/h4-5,8-9,12,15-16H,1-3,6-7,10-11H2/t15-,16-/m1/s1. The number of nitrogens with zero attached hydrogens (tertiary/aromatic N) is 1. The molecule has 3 aliphatic rings. The minimum absolute atomic E-state index is 0.161. The van der Waals surface area contributed by atoms with E-state index in [1.54, 1.807) is 12.1 Å². The maximum Gasteiger partial charge on any atom is 0.386 e. The van der Waals surface area contributed by atoms with Gasteiger partial charge in [-0.3, -0.25) is 4.79 Å². The smallest absolute Gasteiger partial charge is 0.370 e. The lowest BCUT2D eigenvalue weighted by atomic mass is 9.78. The lowest BCUT2D eigenvalue weighted by molar-refractivity contribution is -0.124. The summed E-state index contributed by atoms with van der Waals surface area (Å²) in [6, 6.07) is 6.51. The minimum Gasteiger partial charge on any atom is -0.370 e. The van der Waals surface area contributed by atoms with Crippen molar-refractivity contribution in [1.29, 1.82) is 0 Å². The molecule has 0 unspecified atom stereocenters. The minimum atomic E-state index is -3.84. The molecule has 2 atom stereocenters. The third kappa shape index (κ3) is 2.58. The van der Waals surface area contributed by atoms with Gasteiger partial charge in [0, 0.05) is 24.4 Å². The fourth-order valence-corrected chi connectivity index (χ4v) is 5.94. The maximum absolute atomic E-state index is 12.7. The number of para-hydroxylation sites is 1. The molecule has 1 aliphatic carbocycles. The van der Waals surface area contributed by atoms with Crippen LogP contribution in [0, 0.1) is 5.92 Å². The van der Waals surface area contributed by atoms with Gasteiger partial charge in [0.05, 0.1) is 6.04 Å². The highest BCUT2D eigenvalue weighted by Crippen LogP contribution is 2.47. The van der Waals surface area contributed by atoms with E-state index in [-0.39, 0.29) is 24.2 Å². The number of carbonyl (C=O) groups excluding carboxylic acids is 1. The lowest BCUT2D eigenvalue weighted by Gasteiger charge is -2.46. The second-order valence-electron chi connectivity index (χ2n) is 6.84. The fraction of sp³-hybridized carbons (Fsp3) is 0.588. The van der Waals surface area contributed by atoms with E-state index in [4.69, 9.17) is 4.18 Å². The van der Waals surface area contributed by atoms with E-state index in [1.165, 1.54) is 10.7 Å². The number of carbonyl (C=O) groups is 1. The lowest BCUT2D eigenvalue weighted by Crippen LogP contribution is -2.54. The van der Waals surface area contributed by atoms with E-state index in [1.807, 2.05) is 12.1 Å². The van der Waals surface area contributed by atoms with Crippen LogP contribution >= 0.6 is 0 Å². The van der Waals surface area contributed by atoms with Gasteiger partial charge >= 0.3 is 10.3 Å². The molecule has 4 rings (SSSR count). The van der Waals surface area contributed by atoms with Crippen molar-refractivity contribution in [3.05, 3.63) is 29.8 Å². The third-order valence-electron chi connectivity index (χ3n) is 5.42. The maximum atomic E-state index is 12.7. The van der Waals surface area contributed by atoms with Gasteiger partial charge in [-0.2, -0.15) is 12.7 Å². The van der Waals surface area contributed by atoms with E-state index in [9.17, 15) is 13.2 Å². The van der Waals surface area contributed by atoms with Crippen molar-refractivity contribution in [2.24, 2.45) is 5.92 Å². The molecule has 1 aromatic rings. The van der Waals surface area contributed by atoms with Crippen molar-refractivity contribution >= 4 is 16.1 Å². The summed E-state index contributed by atoms with van der Waals surface area (Å²) in [4.78, 5) is 12.3. The Morgan fingerprint density at radius 3 is 2.57 bits per heavy atom. The number of fused-ring (bicyclic) bond motifs is 3. The van der Waals surface area contributed by atoms with Gasteiger partial charge in [-0.1, -0.05) is 37.5 Å². The second-order valence-corrected chi connectivity index (χ2v) is 8.28. The van der Waals surface area contributed by atoms with Gasteiger partial charge in [0.15, 0.2) is 0 Å². The molecule has 0 N–H and O–H groups in total. The molecule has 0 radical (unpaired) electrons. The van der Waals surface area contributed by atoms with Crippen LogP contribution in [-0.2, 0) is 15.1 Å². The SMILES string of the molecule is O=C1C[C@@H]2c3ccccc3OS(=O)(=O)N2[C@@H](C2CCCCC2)C1. The summed E-state index contributed by atoms with van der Waals surface area (Å²) in [5.41, 5.74) is 0.816. The average Bonchev–Trinajstić information content (AvgIpc) is 2.54. The Morgan fingerprint density at radius 1 is 1.04 bits per heavy atom. The number of hydrogen-bond acceptors (Lipinski definition) is 4. The van der Waals surface area contributed by atoms with Crippen molar-refractivity contribution in [2.75, 3.05) is 0 Å². The molecule has 0 bridgehead atoms. The Morgan fingerprint density at radius 2 is 1.78 bits per heavy atom. The summed E-state index contributed by atoms with van der Waals surface area (Å²) in [6.45, 7) is 0. The highest BCUT2D eigenvalue weighted by atomic mass is 32.2. The van der Waals surface area contributed by atoms with Gasteiger partial charge in [-0.15, -0.1) is 0 Å². The number of piperidine rings is 1. The molecule has 0 spiro atoms. The van der Waals surface area contributed by atoms with Crippen LogP contribution in [0.2, 0.25) is 0 Å². The van der Waals surface area contributed by atoms with E-state index in [0.717, 1.165) is 31.2 Å². The summed E-state index contributed by atoms with van der Waals surface area (Å²) in [5, 5.41) is 0. The molecule has 5 nitrogen and oxygen atoms in total. The fourth-order valence-electron chi connectivity index (χ4n) is 4.39. The predicted molar refractivity (Wildman–Crippen MR) is 85.2 cm³/mol. The molecule has 1 saturated heterocycles. The number of ketones is 1. The first-order chi connectivity index (χ1) is 11.1. The summed E-state index contributed by atoms with van der Waals surface area (Å²) in [5.74, 6) is 0.790. The second kappa shape index (κ2) is 5.60. The Kier molecular flexibility index (Phi) is 3.69. The van der Waals surface area contributed by atoms with Crippen molar-refractivity contribution < 1.29 is 17.4 Å². The monoisotopic (exact) mass is 335 g/mol. The number of Topliss-reactive ketones (excluding diaryl/α,β-unsaturated/α-hetero) is 1. The van der Waals surface area contributed by atoms with Crippen LogP contribution < -0.4 is 4.18 Å². The van der Waals surface area contributed by atoms with Crippen molar-refractivity contribution in [3.63, 3.8) is 0 Å². The topological polar surface area (TPSA) is 63.7 Å². The molecule has 1 aromatic carbocycles. The Hall–Kier alpha value is -1.40. The molecule has 124 valence electrons. The number of benzene rings is 1. The van der Waals surface area contributed by atoms with E-state index >= 15 is 0 Å². The van der Waals surface area contributed by atoms with E-state index in [2.05, 4.69) is 0 Å². The Labute approximate surface area is 136 Å². The first-order valence-electron chi connectivity index (χ1n) is 8.40. The molecule has 2 heterocycles. The number of hydrogen-bond donors (Lipinski definition) is 0. The molecule has 6 heteroatoms. The highest BCUT2D eigenvalue weighted by molar-refractivity contribution is 7.84. The summed E-state index contributed by atoms with van der Waals surface area (Å²) in [7, 11) is -3.84. The highest BCUT2D eigenvalue weighted by Gasteiger charge is 2.50.